The number of rotatable bonds is 6. The molecule has 6 rings (SSSR count). The molecule has 12 heteroatoms. The van der Waals surface area contributed by atoms with E-state index in [1.54, 1.807) is 65.4 Å². The number of fused-ring (bicyclic) bond motifs is 1. The number of nitrogens with zero attached hydrogens (tertiary/aromatic N) is 7. The van der Waals surface area contributed by atoms with Crippen molar-refractivity contribution in [2.24, 2.45) is 7.05 Å². The highest BCUT2D eigenvalue weighted by Gasteiger charge is 2.35. The van der Waals surface area contributed by atoms with Gasteiger partial charge in [-0.3, -0.25) is 18.8 Å². The van der Waals surface area contributed by atoms with Gasteiger partial charge in [0.05, 0.1) is 36.4 Å². The van der Waals surface area contributed by atoms with E-state index in [2.05, 4.69) is 15.2 Å². The zero-order chi connectivity index (χ0) is 27.9. The topological polar surface area (TPSA) is 120 Å². The number of halogens is 1. The first kappa shape index (κ1) is 25.4. The third kappa shape index (κ3) is 4.96. The summed E-state index contributed by atoms with van der Waals surface area (Å²) >= 11 is 0. The summed E-state index contributed by atoms with van der Waals surface area (Å²) in [4.78, 5) is 32.3. The predicted octanol–water partition coefficient (Wildman–Crippen LogP) is 2.91. The van der Waals surface area contributed by atoms with Gasteiger partial charge in [-0.05, 0) is 61.4 Å². The van der Waals surface area contributed by atoms with Gasteiger partial charge in [-0.15, -0.1) is 0 Å². The maximum atomic E-state index is 13.3. The molecule has 11 nitrogen and oxygen atoms in total. The van der Waals surface area contributed by atoms with Crippen LogP contribution in [0.4, 0.5) is 4.39 Å². The van der Waals surface area contributed by atoms with E-state index in [1.807, 2.05) is 0 Å². The van der Waals surface area contributed by atoms with E-state index in [0.29, 0.717) is 59.7 Å². The molecule has 0 spiro atoms. The van der Waals surface area contributed by atoms with Crippen LogP contribution in [0.25, 0.3) is 16.7 Å². The number of carbonyl (C=O) groups is 1. The fraction of sp³-hybridized carbons (Fsp3) is 0.250. The van der Waals surface area contributed by atoms with Gasteiger partial charge in [0.25, 0.3) is 11.5 Å². The molecule has 2 aromatic carbocycles. The monoisotopic (exact) mass is 543 g/mol. The van der Waals surface area contributed by atoms with Crippen molar-refractivity contribution in [2.45, 2.75) is 25.0 Å². The Kier molecular flexibility index (Phi) is 6.39. The molecule has 0 aliphatic carbocycles. The van der Waals surface area contributed by atoms with Crippen LogP contribution in [0.5, 0.6) is 11.5 Å². The van der Waals surface area contributed by atoms with Gasteiger partial charge in [0.1, 0.15) is 23.3 Å². The summed E-state index contributed by atoms with van der Waals surface area (Å²) in [5, 5.41) is 19.9. The van der Waals surface area contributed by atoms with E-state index in [9.17, 15) is 19.1 Å². The van der Waals surface area contributed by atoms with Crippen LogP contribution in [0.3, 0.4) is 0 Å². The highest BCUT2D eigenvalue weighted by atomic mass is 19.1. The second-order valence-electron chi connectivity index (χ2n) is 9.94. The summed E-state index contributed by atoms with van der Waals surface area (Å²) < 4.78 is 23.5. The largest absolute Gasteiger partial charge is 0.454 e. The molecule has 1 amide bonds. The normalized spacial score (nSPS) is 14.9. The number of aliphatic hydroxyl groups is 1. The van der Waals surface area contributed by atoms with Crippen molar-refractivity contribution in [3.63, 3.8) is 0 Å². The van der Waals surface area contributed by atoms with E-state index >= 15 is 0 Å². The van der Waals surface area contributed by atoms with Crippen molar-refractivity contribution in [1.82, 2.24) is 34.0 Å². The maximum Gasteiger partial charge on any atom is 0.264 e. The summed E-state index contributed by atoms with van der Waals surface area (Å²) in [6.45, 7) is 0.727. The molecule has 5 aromatic rings. The molecule has 0 bridgehead atoms. The van der Waals surface area contributed by atoms with Gasteiger partial charge in [-0.1, -0.05) is 0 Å². The number of aromatic nitrogens is 6. The zero-order valence-electron chi connectivity index (χ0n) is 21.6. The first-order valence-electron chi connectivity index (χ1n) is 12.8. The van der Waals surface area contributed by atoms with Crippen LogP contribution in [0.15, 0.2) is 78.2 Å². The first-order valence-corrected chi connectivity index (χ1v) is 12.8. The molecule has 1 aliphatic rings. The molecule has 0 atom stereocenters. The lowest BCUT2D eigenvalue weighted by atomic mass is 9.91. The molecular weight excluding hydrogens is 517 g/mol. The number of likely N-dealkylation sites (tertiary alicyclic amines) is 1. The Morgan fingerprint density at radius 1 is 1.02 bits per heavy atom. The molecule has 0 radical (unpaired) electrons. The Labute approximate surface area is 227 Å². The number of piperidine rings is 1. The summed E-state index contributed by atoms with van der Waals surface area (Å²) in [7, 11) is 1.80. The minimum absolute atomic E-state index is 0.0406. The minimum Gasteiger partial charge on any atom is -0.454 e. The molecule has 0 saturated carbocycles. The Bertz CT molecular complexity index is 1730. The van der Waals surface area contributed by atoms with Crippen molar-refractivity contribution in [3.8, 4) is 17.2 Å². The zero-order valence-corrected chi connectivity index (χ0v) is 21.6. The van der Waals surface area contributed by atoms with Gasteiger partial charge >= 0.3 is 0 Å². The van der Waals surface area contributed by atoms with Crippen LogP contribution in [0.2, 0.25) is 0 Å². The number of hydrogen-bond acceptors (Lipinski definition) is 7. The number of amides is 1. The molecule has 4 heterocycles. The van der Waals surface area contributed by atoms with Gasteiger partial charge < -0.3 is 14.7 Å². The van der Waals surface area contributed by atoms with E-state index in [4.69, 9.17) is 4.74 Å². The van der Waals surface area contributed by atoms with Gasteiger partial charge in [0.15, 0.2) is 11.4 Å². The SMILES string of the molecule is Cn1cc(Oc2ccc(C(=O)N3CCC(O)(Cn4cnc5c(cnn5-c5ccc(F)cc5)c4=O)CC3)cc2)cn1. The van der Waals surface area contributed by atoms with Crippen LogP contribution in [-0.2, 0) is 13.6 Å². The van der Waals surface area contributed by atoms with Crippen LogP contribution in [0.1, 0.15) is 23.2 Å². The summed E-state index contributed by atoms with van der Waals surface area (Å²) in [6.07, 6.45) is 6.77. The molecule has 3 aromatic heterocycles. The minimum atomic E-state index is -1.18. The average Bonchev–Trinajstić information content (AvgIpc) is 3.57. The fourth-order valence-electron chi connectivity index (χ4n) is 4.87. The molecule has 1 fully saturated rings. The number of hydrogen-bond donors (Lipinski definition) is 1. The van der Waals surface area contributed by atoms with Gasteiger partial charge in [0, 0.05) is 25.7 Å². The number of benzene rings is 2. The van der Waals surface area contributed by atoms with E-state index in [1.165, 1.54) is 33.9 Å². The highest BCUT2D eigenvalue weighted by molar-refractivity contribution is 5.94. The molecule has 40 heavy (non-hydrogen) atoms. The lowest BCUT2D eigenvalue weighted by molar-refractivity contribution is -0.0299. The number of carbonyl (C=O) groups excluding carboxylic acids is 1. The summed E-state index contributed by atoms with van der Waals surface area (Å²) in [5.74, 6) is 0.688. The maximum absolute atomic E-state index is 13.3. The van der Waals surface area contributed by atoms with Crippen molar-refractivity contribution >= 4 is 16.9 Å². The fourth-order valence-corrected chi connectivity index (χ4v) is 4.87. The standard InChI is InChI=1S/C28H26FN7O4/c1-33-16-23(14-31-33)40-22-8-2-19(3-9-22)26(37)34-12-10-28(39,11-13-34)17-35-18-30-25-24(27(35)38)15-32-36(25)21-6-4-20(29)5-7-21/h2-9,14-16,18,39H,10-13,17H2,1H3. The van der Waals surface area contributed by atoms with Crippen LogP contribution < -0.4 is 10.3 Å². The van der Waals surface area contributed by atoms with Crippen molar-refractivity contribution in [1.29, 1.82) is 0 Å². The third-order valence-corrected chi connectivity index (χ3v) is 7.09. The van der Waals surface area contributed by atoms with Gasteiger partial charge in [-0.2, -0.15) is 10.2 Å². The molecule has 204 valence electrons. The van der Waals surface area contributed by atoms with Gasteiger partial charge in [0.2, 0.25) is 0 Å². The van der Waals surface area contributed by atoms with E-state index in [0.717, 1.165) is 0 Å². The predicted molar refractivity (Wildman–Crippen MR) is 143 cm³/mol. The van der Waals surface area contributed by atoms with Crippen LogP contribution >= 0.6 is 0 Å². The molecule has 1 saturated heterocycles. The van der Waals surface area contributed by atoms with Crippen LogP contribution in [-0.4, -0.2) is 63.7 Å². The highest BCUT2D eigenvalue weighted by Crippen LogP contribution is 2.26. The Morgan fingerprint density at radius 3 is 2.42 bits per heavy atom. The van der Waals surface area contributed by atoms with Gasteiger partial charge in [-0.25, -0.2) is 14.1 Å². The second-order valence-corrected chi connectivity index (χ2v) is 9.94. The lowest BCUT2D eigenvalue weighted by Gasteiger charge is -2.38. The Balaban J connectivity index is 1.11. The van der Waals surface area contributed by atoms with Crippen molar-refractivity contribution < 1.29 is 19.0 Å². The van der Waals surface area contributed by atoms with E-state index < -0.39 is 5.60 Å². The number of ether oxygens (including phenoxy) is 1. The molecular formula is C28H26FN7O4. The van der Waals surface area contributed by atoms with Crippen molar-refractivity contribution in [3.05, 3.63) is 95.2 Å². The van der Waals surface area contributed by atoms with Crippen LogP contribution in [0, 0.1) is 5.82 Å². The average molecular weight is 544 g/mol. The van der Waals surface area contributed by atoms with E-state index in [-0.39, 0.29) is 23.8 Å². The quantitative estimate of drug-likeness (QED) is 0.350. The Morgan fingerprint density at radius 2 is 1.75 bits per heavy atom. The third-order valence-electron chi connectivity index (χ3n) is 7.09. The Hall–Kier alpha value is -4.84. The molecule has 0 unspecified atom stereocenters. The molecule has 1 aliphatic heterocycles. The first-order chi connectivity index (χ1) is 19.3. The van der Waals surface area contributed by atoms with Crippen molar-refractivity contribution in [2.75, 3.05) is 13.1 Å². The summed E-state index contributed by atoms with van der Waals surface area (Å²) in [6, 6.07) is 12.6. The second kappa shape index (κ2) is 10.0. The smallest absolute Gasteiger partial charge is 0.264 e. The summed E-state index contributed by atoms with van der Waals surface area (Å²) in [5.41, 5.74) is -0.0685. The lowest BCUT2D eigenvalue weighted by Crippen LogP contribution is -2.49. The number of aryl methyl sites for hydroxylation is 1. The molecule has 1 N–H and O–H groups in total.